The number of hydrogen-bond donors (Lipinski definition) is 6. The predicted molar refractivity (Wildman–Crippen MR) is 152 cm³/mol. The topological polar surface area (TPSA) is 171 Å². The molecule has 5 atom stereocenters. The minimum absolute atomic E-state index is 0.0212. The van der Waals surface area contributed by atoms with E-state index in [0.717, 1.165) is 5.56 Å². The zero-order valence-corrected chi connectivity index (χ0v) is 23.6. The molecule has 0 saturated heterocycles. The minimum Gasteiger partial charge on any atom is -0.508 e. The molecule has 0 fully saturated rings. The van der Waals surface area contributed by atoms with Crippen molar-refractivity contribution in [1.82, 2.24) is 16.0 Å². The van der Waals surface area contributed by atoms with Crippen LogP contribution in [0.3, 0.4) is 0 Å². The van der Waals surface area contributed by atoms with Crippen molar-refractivity contribution in [3.63, 3.8) is 0 Å². The number of phenolic OH excluding ortho intramolecular Hbond substituents is 1. The molecule has 3 amide bonds. The first-order valence-corrected chi connectivity index (χ1v) is 13.6. The van der Waals surface area contributed by atoms with Gasteiger partial charge in [0.05, 0.1) is 6.04 Å². The van der Waals surface area contributed by atoms with Crippen LogP contribution in [-0.4, -0.2) is 58.1 Å². The number of nitrogens with two attached hydrogens (primary N) is 1. The minimum atomic E-state index is -1.27. The molecule has 0 aliphatic rings. The first kappa shape index (κ1) is 32.3. The molecule has 5 unspecified atom stereocenters. The molecule has 218 valence electrons. The molecular weight excluding hydrogens is 512 g/mol. The molecule has 0 bridgehead atoms. The van der Waals surface area contributed by atoms with Crippen molar-refractivity contribution in [2.24, 2.45) is 17.6 Å². The summed E-state index contributed by atoms with van der Waals surface area (Å²) in [6, 6.07) is 11.0. The molecule has 0 aliphatic carbocycles. The molecule has 40 heavy (non-hydrogen) atoms. The van der Waals surface area contributed by atoms with Crippen LogP contribution in [0.4, 0.5) is 0 Å². The summed E-state index contributed by atoms with van der Waals surface area (Å²) in [5.41, 5.74) is 7.40. The van der Waals surface area contributed by atoms with Gasteiger partial charge in [0.1, 0.15) is 23.9 Å². The van der Waals surface area contributed by atoms with Gasteiger partial charge in [0.15, 0.2) is 0 Å². The van der Waals surface area contributed by atoms with E-state index in [1.807, 2.05) is 33.8 Å². The Morgan fingerprint density at radius 3 is 1.88 bits per heavy atom. The molecule has 0 heterocycles. The van der Waals surface area contributed by atoms with Gasteiger partial charge in [-0.25, -0.2) is 4.79 Å². The quantitative estimate of drug-likeness (QED) is 0.196. The van der Waals surface area contributed by atoms with E-state index in [4.69, 9.17) is 5.73 Å². The van der Waals surface area contributed by atoms with E-state index in [9.17, 15) is 29.4 Å². The van der Waals surface area contributed by atoms with E-state index >= 15 is 0 Å². The molecule has 7 N–H and O–H groups in total. The van der Waals surface area contributed by atoms with Crippen molar-refractivity contribution in [2.45, 2.75) is 77.5 Å². The number of amides is 3. The van der Waals surface area contributed by atoms with Crippen molar-refractivity contribution >= 4 is 23.7 Å². The van der Waals surface area contributed by atoms with Gasteiger partial charge in [0.25, 0.3) is 0 Å². The van der Waals surface area contributed by atoms with Crippen LogP contribution >= 0.6 is 0 Å². The van der Waals surface area contributed by atoms with Gasteiger partial charge in [-0.1, -0.05) is 76.6 Å². The highest BCUT2D eigenvalue weighted by Crippen LogP contribution is 2.14. The Hall–Kier alpha value is -3.92. The molecule has 10 heteroatoms. The van der Waals surface area contributed by atoms with E-state index in [-0.39, 0.29) is 30.4 Å². The fourth-order valence-corrected chi connectivity index (χ4v) is 4.24. The van der Waals surface area contributed by atoms with Crippen molar-refractivity contribution in [3.05, 3.63) is 65.7 Å². The highest BCUT2D eigenvalue weighted by molar-refractivity contribution is 5.94. The third kappa shape index (κ3) is 10.3. The maximum absolute atomic E-state index is 13.5. The normalized spacial score (nSPS) is 14.8. The molecule has 0 aromatic heterocycles. The third-order valence-corrected chi connectivity index (χ3v) is 6.76. The Balaban J connectivity index is 2.26. The first-order chi connectivity index (χ1) is 18.9. The number of hydrogen-bond acceptors (Lipinski definition) is 6. The van der Waals surface area contributed by atoms with Crippen LogP contribution in [-0.2, 0) is 32.0 Å². The Kier molecular flexibility index (Phi) is 12.6. The van der Waals surface area contributed by atoms with Gasteiger partial charge < -0.3 is 31.9 Å². The van der Waals surface area contributed by atoms with Crippen molar-refractivity contribution in [3.8, 4) is 5.75 Å². The van der Waals surface area contributed by atoms with Gasteiger partial charge >= 0.3 is 5.97 Å². The highest BCUT2D eigenvalue weighted by atomic mass is 16.4. The van der Waals surface area contributed by atoms with Crippen LogP contribution in [0.2, 0.25) is 0 Å². The Labute approximate surface area is 235 Å². The SMILES string of the molecule is CCC(C)C(NC(=O)C(N)CC(C)C)C(=O)NC(Cc1ccccc1)C(=O)NC(Cc1ccc(O)cc1)C(=O)O. The lowest BCUT2D eigenvalue weighted by Gasteiger charge is -2.28. The van der Waals surface area contributed by atoms with Crippen LogP contribution < -0.4 is 21.7 Å². The average Bonchev–Trinajstić information content (AvgIpc) is 2.91. The second kappa shape index (κ2) is 15.6. The van der Waals surface area contributed by atoms with Crippen LogP contribution in [0.25, 0.3) is 0 Å². The van der Waals surface area contributed by atoms with Gasteiger partial charge in [-0.3, -0.25) is 14.4 Å². The average molecular weight is 555 g/mol. The summed E-state index contributed by atoms with van der Waals surface area (Å²) in [6.07, 6.45) is 1.13. The molecule has 10 nitrogen and oxygen atoms in total. The lowest BCUT2D eigenvalue weighted by atomic mass is 9.96. The van der Waals surface area contributed by atoms with Crippen molar-refractivity contribution in [2.75, 3.05) is 0 Å². The summed E-state index contributed by atoms with van der Waals surface area (Å²) in [5.74, 6) is -2.93. The summed E-state index contributed by atoms with van der Waals surface area (Å²) in [7, 11) is 0. The Bertz CT molecular complexity index is 1120. The van der Waals surface area contributed by atoms with Gasteiger partial charge in [-0.2, -0.15) is 0 Å². The van der Waals surface area contributed by atoms with Crippen LogP contribution in [0.5, 0.6) is 5.75 Å². The summed E-state index contributed by atoms with van der Waals surface area (Å²) in [4.78, 5) is 51.7. The van der Waals surface area contributed by atoms with Crippen LogP contribution in [0, 0.1) is 11.8 Å². The van der Waals surface area contributed by atoms with Crippen LogP contribution in [0.1, 0.15) is 51.7 Å². The van der Waals surface area contributed by atoms with Gasteiger partial charge in [0, 0.05) is 12.8 Å². The fraction of sp³-hybridized carbons (Fsp3) is 0.467. The number of rotatable bonds is 15. The number of carboxylic acids is 1. The number of benzene rings is 2. The number of carbonyl (C=O) groups is 4. The lowest BCUT2D eigenvalue weighted by Crippen LogP contribution is -2.59. The first-order valence-electron chi connectivity index (χ1n) is 13.6. The largest absolute Gasteiger partial charge is 0.508 e. The summed E-state index contributed by atoms with van der Waals surface area (Å²) < 4.78 is 0. The molecule has 0 saturated carbocycles. The summed E-state index contributed by atoms with van der Waals surface area (Å²) >= 11 is 0. The standard InChI is InChI=1S/C30H42N4O6/c1-5-19(4)26(34-27(36)23(31)15-18(2)3)29(38)32-24(16-20-9-7-6-8-10-20)28(37)33-25(30(39)40)17-21-11-13-22(35)14-12-21/h6-14,18-19,23-26,35H,5,15-17,31H2,1-4H3,(H,32,38)(H,33,37)(H,34,36)(H,39,40). The van der Waals surface area contributed by atoms with E-state index in [1.165, 1.54) is 12.1 Å². The zero-order chi connectivity index (χ0) is 29.8. The maximum atomic E-state index is 13.5. The number of aromatic hydroxyl groups is 1. The predicted octanol–water partition coefficient (Wildman–Crippen LogP) is 2.14. The van der Waals surface area contributed by atoms with E-state index < -0.39 is 47.9 Å². The van der Waals surface area contributed by atoms with E-state index in [2.05, 4.69) is 16.0 Å². The number of carbonyl (C=O) groups excluding carboxylic acids is 3. The molecule has 0 aliphatic heterocycles. The Morgan fingerprint density at radius 2 is 1.32 bits per heavy atom. The van der Waals surface area contributed by atoms with Gasteiger partial charge in [0.2, 0.25) is 17.7 Å². The number of carboxylic acid groups (broad SMARTS) is 1. The number of nitrogens with one attached hydrogen (secondary N) is 3. The monoisotopic (exact) mass is 554 g/mol. The lowest BCUT2D eigenvalue weighted by molar-refractivity contribution is -0.142. The van der Waals surface area contributed by atoms with Gasteiger partial charge in [-0.15, -0.1) is 0 Å². The fourth-order valence-electron chi connectivity index (χ4n) is 4.24. The third-order valence-electron chi connectivity index (χ3n) is 6.76. The smallest absolute Gasteiger partial charge is 0.326 e. The van der Waals surface area contributed by atoms with E-state index in [0.29, 0.717) is 18.4 Å². The number of phenols is 1. The zero-order valence-electron chi connectivity index (χ0n) is 23.6. The van der Waals surface area contributed by atoms with E-state index in [1.54, 1.807) is 36.4 Å². The van der Waals surface area contributed by atoms with Crippen molar-refractivity contribution in [1.29, 1.82) is 0 Å². The van der Waals surface area contributed by atoms with Crippen molar-refractivity contribution < 1.29 is 29.4 Å². The molecule has 2 rings (SSSR count). The molecular formula is C30H42N4O6. The molecule has 0 spiro atoms. The summed E-state index contributed by atoms with van der Waals surface area (Å²) in [6.45, 7) is 7.61. The second-order valence-corrected chi connectivity index (χ2v) is 10.6. The van der Waals surface area contributed by atoms with Gasteiger partial charge in [-0.05, 0) is 41.5 Å². The highest BCUT2D eigenvalue weighted by Gasteiger charge is 2.32. The Morgan fingerprint density at radius 1 is 0.775 bits per heavy atom. The number of aliphatic carboxylic acids is 1. The summed E-state index contributed by atoms with van der Waals surface area (Å²) in [5, 5.41) is 27.3. The molecule has 0 radical (unpaired) electrons. The van der Waals surface area contributed by atoms with Crippen LogP contribution in [0.15, 0.2) is 54.6 Å². The molecule has 2 aromatic rings. The molecule has 2 aromatic carbocycles. The second-order valence-electron chi connectivity index (χ2n) is 10.6. The maximum Gasteiger partial charge on any atom is 0.326 e.